The van der Waals surface area contributed by atoms with Gasteiger partial charge in [-0.2, -0.15) is 0 Å². The Morgan fingerprint density at radius 2 is 1.59 bits per heavy atom. The minimum absolute atomic E-state index is 0.0463. The number of fused-ring (bicyclic) bond motifs is 3. The number of amides is 2. The third kappa shape index (κ3) is 5.22. The highest BCUT2D eigenvalue weighted by Crippen LogP contribution is 2.44. The fraction of sp³-hybridized carbons (Fsp3) is 0.423. The molecule has 2 aromatic carbocycles. The van der Waals surface area contributed by atoms with Gasteiger partial charge < -0.3 is 15.2 Å². The highest BCUT2D eigenvalue weighted by molar-refractivity contribution is 5.80. The topological polar surface area (TPSA) is 114 Å². The number of carboxylic acids is 1. The number of ether oxygens (including phenoxy) is 1. The zero-order valence-corrected chi connectivity index (χ0v) is 19.3. The molecule has 1 fully saturated rings. The summed E-state index contributed by atoms with van der Waals surface area (Å²) >= 11 is 0. The van der Waals surface area contributed by atoms with Gasteiger partial charge in [0.1, 0.15) is 6.61 Å². The van der Waals surface area contributed by atoms with Crippen molar-refractivity contribution in [1.29, 1.82) is 0 Å². The second-order valence-electron chi connectivity index (χ2n) is 9.24. The number of benzene rings is 2. The first-order chi connectivity index (χ1) is 16.4. The van der Waals surface area contributed by atoms with E-state index in [4.69, 9.17) is 9.57 Å². The van der Waals surface area contributed by atoms with E-state index in [-0.39, 0.29) is 30.9 Å². The Kier molecular flexibility index (Phi) is 7.17. The van der Waals surface area contributed by atoms with E-state index in [9.17, 15) is 19.5 Å². The zero-order chi connectivity index (χ0) is 24.2. The van der Waals surface area contributed by atoms with Gasteiger partial charge in [0.25, 0.3) is 0 Å². The number of carbonyl (C=O) groups excluding carboxylic acids is 2. The largest absolute Gasteiger partial charge is 0.479 e. The van der Waals surface area contributed by atoms with Gasteiger partial charge in [-0.05, 0) is 46.9 Å². The number of rotatable bonds is 10. The van der Waals surface area contributed by atoms with Crippen molar-refractivity contribution in [3.63, 3.8) is 0 Å². The summed E-state index contributed by atoms with van der Waals surface area (Å²) < 4.78 is 5.53. The molecule has 0 spiro atoms. The zero-order valence-electron chi connectivity index (χ0n) is 19.3. The van der Waals surface area contributed by atoms with Crippen molar-refractivity contribution in [3.8, 4) is 11.1 Å². The molecular weight excluding hydrogens is 436 g/mol. The smallest absolute Gasteiger partial charge is 0.407 e. The number of hydrogen-bond acceptors (Lipinski definition) is 5. The minimum Gasteiger partial charge on any atom is -0.479 e. The molecule has 3 N–H and O–H groups in total. The Morgan fingerprint density at radius 1 is 1.00 bits per heavy atom. The van der Waals surface area contributed by atoms with Crippen LogP contribution in [0.5, 0.6) is 0 Å². The fourth-order valence-electron chi connectivity index (χ4n) is 4.42. The Labute approximate surface area is 198 Å². The molecular formula is C26H30N2O6. The number of carbonyl (C=O) groups is 3. The van der Waals surface area contributed by atoms with E-state index in [1.807, 2.05) is 50.2 Å². The third-order valence-electron chi connectivity index (χ3n) is 6.53. The molecule has 0 saturated heterocycles. The predicted molar refractivity (Wildman–Crippen MR) is 125 cm³/mol. The Balaban J connectivity index is 1.30. The van der Waals surface area contributed by atoms with E-state index in [2.05, 4.69) is 22.9 Å². The summed E-state index contributed by atoms with van der Waals surface area (Å²) in [5.74, 6) is -2.40. The van der Waals surface area contributed by atoms with Crippen LogP contribution in [-0.2, 0) is 19.2 Å². The summed E-state index contributed by atoms with van der Waals surface area (Å²) in [5.41, 5.74) is 6.82. The van der Waals surface area contributed by atoms with Gasteiger partial charge >= 0.3 is 12.1 Å². The van der Waals surface area contributed by atoms with Gasteiger partial charge in [0.15, 0.2) is 6.10 Å². The molecule has 8 nitrogen and oxygen atoms in total. The summed E-state index contributed by atoms with van der Waals surface area (Å²) in [6.45, 7) is 3.92. The van der Waals surface area contributed by atoms with Crippen LogP contribution in [0.1, 0.15) is 43.7 Å². The molecule has 0 aliphatic heterocycles. The molecule has 2 unspecified atom stereocenters. The molecule has 34 heavy (non-hydrogen) atoms. The third-order valence-corrected chi connectivity index (χ3v) is 6.53. The molecule has 180 valence electrons. The Hall–Kier alpha value is -3.39. The van der Waals surface area contributed by atoms with Crippen LogP contribution in [0.25, 0.3) is 11.1 Å². The summed E-state index contributed by atoms with van der Waals surface area (Å²) in [4.78, 5) is 41.5. The number of hydrogen-bond donors (Lipinski definition) is 3. The number of nitrogens with one attached hydrogen (secondary N) is 2. The van der Waals surface area contributed by atoms with Gasteiger partial charge in [-0.3, -0.25) is 9.63 Å². The average Bonchev–Trinajstić information content (AvgIpc) is 3.59. The van der Waals surface area contributed by atoms with Gasteiger partial charge in [0.05, 0.1) is 5.92 Å². The molecule has 2 aromatic rings. The van der Waals surface area contributed by atoms with Crippen LogP contribution in [0.3, 0.4) is 0 Å². The van der Waals surface area contributed by atoms with E-state index < -0.39 is 30.0 Å². The molecule has 0 bridgehead atoms. The van der Waals surface area contributed by atoms with E-state index in [0.717, 1.165) is 35.1 Å². The summed E-state index contributed by atoms with van der Waals surface area (Å²) in [6, 6.07) is 16.2. The quantitative estimate of drug-likeness (QED) is 0.460. The molecule has 0 radical (unpaired) electrons. The van der Waals surface area contributed by atoms with Crippen molar-refractivity contribution in [1.82, 2.24) is 10.8 Å². The van der Waals surface area contributed by atoms with Crippen molar-refractivity contribution >= 4 is 18.0 Å². The lowest BCUT2D eigenvalue weighted by atomic mass is 9.95. The van der Waals surface area contributed by atoms with Crippen LogP contribution in [0, 0.1) is 17.8 Å². The second-order valence-corrected chi connectivity index (χ2v) is 9.24. The first kappa shape index (κ1) is 23.8. The normalized spacial score (nSPS) is 16.3. The molecule has 0 aromatic heterocycles. The van der Waals surface area contributed by atoms with E-state index in [1.54, 1.807) is 0 Å². The van der Waals surface area contributed by atoms with Gasteiger partial charge in [0, 0.05) is 12.5 Å². The molecule has 2 aliphatic rings. The van der Waals surface area contributed by atoms with Crippen LogP contribution >= 0.6 is 0 Å². The number of carboxylic acid groups (broad SMARTS) is 1. The average molecular weight is 467 g/mol. The molecule has 4 rings (SSSR count). The van der Waals surface area contributed by atoms with Gasteiger partial charge in [-0.1, -0.05) is 62.4 Å². The SMILES string of the molecule is CC(C)C(CNC(=O)OCC1c2ccccc2-c2ccccc21)C(=O)NOC(C(=O)O)C1CC1. The van der Waals surface area contributed by atoms with Crippen LogP contribution in [-0.4, -0.2) is 42.3 Å². The van der Waals surface area contributed by atoms with Crippen LogP contribution in [0.4, 0.5) is 4.79 Å². The van der Waals surface area contributed by atoms with E-state index in [1.165, 1.54) is 0 Å². The molecule has 0 heterocycles. The molecule has 1 saturated carbocycles. The van der Waals surface area contributed by atoms with Crippen molar-refractivity contribution in [2.75, 3.05) is 13.2 Å². The lowest BCUT2D eigenvalue weighted by Gasteiger charge is -2.22. The number of hydroxylamine groups is 1. The Bertz CT molecular complexity index is 1020. The fourth-order valence-corrected chi connectivity index (χ4v) is 4.42. The van der Waals surface area contributed by atoms with Gasteiger partial charge in [-0.15, -0.1) is 0 Å². The number of alkyl carbamates (subject to hydrolysis) is 1. The van der Waals surface area contributed by atoms with Crippen LogP contribution in [0.2, 0.25) is 0 Å². The Morgan fingerprint density at radius 3 is 2.12 bits per heavy atom. The van der Waals surface area contributed by atoms with Crippen LogP contribution < -0.4 is 10.8 Å². The lowest BCUT2D eigenvalue weighted by Crippen LogP contribution is -2.44. The summed E-state index contributed by atoms with van der Waals surface area (Å²) in [6.07, 6.45) is -0.123. The van der Waals surface area contributed by atoms with E-state index >= 15 is 0 Å². The lowest BCUT2D eigenvalue weighted by molar-refractivity contribution is -0.164. The minimum atomic E-state index is -1.10. The highest BCUT2D eigenvalue weighted by atomic mass is 16.7. The standard InChI is InChI=1S/C26H30N2O6/c1-15(2)21(24(29)28-34-23(25(30)31)16-11-12-16)13-27-26(32)33-14-22-19-9-5-3-7-17(19)18-8-4-6-10-20(18)22/h3-10,15-16,21-23H,11-14H2,1-2H3,(H,27,32)(H,28,29)(H,30,31). The molecule has 8 heteroatoms. The second kappa shape index (κ2) is 10.3. The first-order valence-electron chi connectivity index (χ1n) is 11.6. The monoisotopic (exact) mass is 466 g/mol. The van der Waals surface area contributed by atoms with E-state index in [0.29, 0.717) is 0 Å². The van der Waals surface area contributed by atoms with Crippen molar-refractivity contribution in [2.45, 2.75) is 38.7 Å². The molecule has 2 amide bonds. The molecule has 2 aliphatic carbocycles. The van der Waals surface area contributed by atoms with Crippen molar-refractivity contribution in [2.24, 2.45) is 17.8 Å². The summed E-state index contributed by atoms with van der Waals surface area (Å²) in [7, 11) is 0. The predicted octanol–water partition coefficient (Wildman–Crippen LogP) is 3.71. The van der Waals surface area contributed by atoms with Crippen molar-refractivity contribution < 1.29 is 29.1 Å². The maximum absolute atomic E-state index is 12.6. The molecule has 2 atom stereocenters. The van der Waals surface area contributed by atoms with Crippen LogP contribution in [0.15, 0.2) is 48.5 Å². The van der Waals surface area contributed by atoms with Gasteiger partial charge in [-0.25, -0.2) is 15.1 Å². The highest BCUT2D eigenvalue weighted by Gasteiger charge is 2.38. The summed E-state index contributed by atoms with van der Waals surface area (Å²) in [5, 5.41) is 11.9. The van der Waals surface area contributed by atoms with Gasteiger partial charge in [0.2, 0.25) is 5.91 Å². The van der Waals surface area contributed by atoms with Crippen molar-refractivity contribution in [3.05, 3.63) is 59.7 Å². The maximum atomic E-state index is 12.6. The first-order valence-corrected chi connectivity index (χ1v) is 11.6. The maximum Gasteiger partial charge on any atom is 0.407 e. The number of aliphatic carboxylic acids is 1.